The van der Waals surface area contributed by atoms with E-state index < -0.39 is 17.5 Å². The van der Waals surface area contributed by atoms with E-state index in [0.717, 1.165) is 29.7 Å². The summed E-state index contributed by atoms with van der Waals surface area (Å²) in [6, 6.07) is 12.2. The molecule has 144 valence electrons. The van der Waals surface area contributed by atoms with Gasteiger partial charge in [0.15, 0.2) is 11.6 Å². The minimum Gasteiger partial charge on any atom is -0.207 e. The molecule has 0 aliphatic heterocycles. The smallest absolute Gasteiger partial charge is 0.159 e. The van der Waals surface area contributed by atoms with Crippen molar-refractivity contribution in [2.75, 3.05) is 0 Å². The van der Waals surface area contributed by atoms with Gasteiger partial charge in [-0.05, 0) is 77.6 Å². The van der Waals surface area contributed by atoms with Crippen molar-refractivity contribution < 1.29 is 17.6 Å². The van der Waals surface area contributed by atoms with Crippen molar-refractivity contribution in [1.29, 1.82) is 0 Å². The third-order valence-electron chi connectivity index (χ3n) is 5.69. The van der Waals surface area contributed by atoms with Crippen molar-refractivity contribution >= 4 is 0 Å². The van der Waals surface area contributed by atoms with Crippen LogP contribution in [0.5, 0.6) is 0 Å². The SMILES string of the molecule is CCc1ccc(C2CCc3c(ccc(-c4ccc(F)c(F)c4)c3F)C2)c(F)c1. The first-order valence-corrected chi connectivity index (χ1v) is 9.52. The van der Waals surface area contributed by atoms with Crippen molar-refractivity contribution in [2.24, 2.45) is 0 Å². The minimum atomic E-state index is -0.999. The summed E-state index contributed by atoms with van der Waals surface area (Å²) < 4.78 is 56.3. The summed E-state index contributed by atoms with van der Waals surface area (Å²) in [5.41, 5.74) is 3.63. The van der Waals surface area contributed by atoms with Crippen LogP contribution in [0.1, 0.15) is 41.5 Å². The molecule has 0 bridgehead atoms. The lowest BCUT2D eigenvalue weighted by molar-refractivity contribution is 0.508. The molecule has 1 aliphatic rings. The van der Waals surface area contributed by atoms with E-state index in [0.29, 0.717) is 36.0 Å². The molecule has 0 spiro atoms. The van der Waals surface area contributed by atoms with E-state index in [4.69, 9.17) is 0 Å². The Balaban J connectivity index is 1.66. The second kappa shape index (κ2) is 7.42. The number of benzene rings is 3. The zero-order valence-electron chi connectivity index (χ0n) is 15.5. The van der Waals surface area contributed by atoms with Crippen LogP contribution < -0.4 is 0 Å². The van der Waals surface area contributed by atoms with Gasteiger partial charge in [0.25, 0.3) is 0 Å². The Morgan fingerprint density at radius 1 is 0.857 bits per heavy atom. The van der Waals surface area contributed by atoms with Crippen LogP contribution in [-0.4, -0.2) is 0 Å². The number of hydrogen-bond donors (Lipinski definition) is 0. The van der Waals surface area contributed by atoms with Gasteiger partial charge in [-0.3, -0.25) is 0 Å². The van der Waals surface area contributed by atoms with Crippen LogP contribution in [0, 0.1) is 23.3 Å². The van der Waals surface area contributed by atoms with Gasteiger partial charge in [0, 0.05) is 5.56 Å². The first kappa shape index (κ1) is 18.7. The first-order chi connectivity index (χ1) is 13.5. The number of aryl methyl sites for hydroxylation is 1. The summed E-state index contributed by atoms with van der Waals surface area (Å²) in [5.74, 6) is -2.55. The Bertz CT molecular complexity index is 1040. The van der Waals surface area contributed by atoms with E-state index in [1.54, 1.807) is 12.1 Å². The lowest BCUT2D eigenvalue weighted by atomic mass is 9.78. The lowest BCUT2D eigenvalue weighted by Gasteiger charge is -2.26. The molecule has 0 nitrogen and oxygen atoms in total. The summed E-state index contributed by atoms with van der Waals surface area (Å²) >= 11 is 0. The highest BCUT2D eigenvalue weighted by Crippen LogP contribution is 2.38. The molecule has 0 aromatic heterocycles. The molecule has 28 heavy (non-hydrogen) atoms. The molecule has 0 fully saturated rings. The molecule has 0 radical (unpaired) electrons. The molecule has 3 aromatic carbocycles. The predicted octanol–water partition coefficient (Wildman–Crippen LogP) is 6.74. The predicted molar refractivity (Wildman–Crippen MR) is 102 cm³/mol. The summed E-state index contributed by atoms with van der Waals surface area (Å²) in [4.78, 5) is 0. The maximum absolute atomic E-state index is 15.1. The minimum absolute atomic E-state index is 0.00641. The molecule has 4 rings (SSSR count). The van der Waals surface area contributed by atoms with Gasteiger partial charge in [0.05, 0.1) is 0 Å². The van der Waals surface area contributed by atoms with Crippen LogP contribution >= 0.6 is 0 Å². The standard InChI is InChI=1S/C24H20F4/c1-2-14-3-7-18(22(26)11-14)15-4-8-19-16(12-15)5-9-20(24(19)28)17-6-10-21(25)23(27)13-17/h3,5-7,9-11,13,15H,2,4,8,12H2,1H3. The molecule has 0 heterocycles. The van der Waals surface area contributed by atoms with Gasteiger partial charge < -0.3 is 0 Å². The quantitative estimate of drug-likeness (QED) is 0.439. The third-order valence-corrected chi connectivity index (χ3v) is 5.69. The summed E-state index contributed by atoms with van der Waals surface area (Å²) in [6.45, 7) is 1.98. The van der Waals surface area contributed by atoms with Crippen molar-refractivity contribution in [3.63, 3.8) is 0 Å². The van der Waals surface area contributed by atoms with Crippen LogP contribution in [0.4, 0.5) is 17.6 Å². The van der Waals surface area contributed by atoms with Crippen LogP contribution in [-0.2, 0) is 19.3 Å². The number of fused-ring (bicyclic) bond motifs is 1. The fourth-order valence-corrected chi connectivity index (χ4v) is 4.08. The molecular weight excluding hydrogens is 364 g/mol. The highest BCUT2D eigenvalue weighted by molar-refractivity contribution is 5.66. The lowest BCUT2D eigenvalue weighted by Crippen LogP contribution is -2.16. The van der Waals surface area contributed by atoms with Crippen molar-refractivity contribution in [3.8, 4) is 11.1 Å². The van der Waals surface area contributed by atoms with E-state index in [1.165, 1.54) is 6.07 Å². The topological polar surface area (TPSA) is 0 Å². The van der Waals surface area contributed by atoms with Crippen molar-refractivity contribution in [3.05, 3.63) is 94.1 Å². The molecule has 4 heteroatoms. The average molecular weight is 384 g/mol. The highest BCUT2D eigenvalue weighted by Gasteiger charge is 2.26. The summed E-state index contributed by atoms with van der Waals surface area (Å²) in [5, 5.41) is 0. The fourth-order valence-electron chi connectivity index (χ4n) is 4.08. The fraction of sp³-hybridized carbons (Fsp3) is 0.250. The Kier molecular flexibility index (Phi) is 4.96. The average Bonchev–Trinajstić information content (AvgIpc) is 2.70. The Labute approximate surface area is 161 Å². The van der Waals surface area contributed by atoms with Crippen LogP contribution in [0.25, 0.3) is 11.1 Å². The molecule has 0 saturated carbocycles. The molecule has 1 aliphatic carbocycles. The van der Waals surface area contributed by atoms with E-state index in [2.05, 4.69) is 0 Å². The van der Waals surface area contributed by atoms with Crippen LogP contribution in [0.15, 0.2) is 48.5 Å². The highest BCUT2D eigenvalue weighted by atomic mass is 19.2. The van der Waals surface area contributed by atoms with Gasteiger partial charge in [-0.25, -0.2) is 17.6 Å². The maximum Gasteiger partial charge on any atom is 0.159 e. The monoisotopic (exact) mass is 384 g/mol. The second-order valence-electron chi connectivity index (χ2n) is 7.34. The maximum atomic E-state index is 15.1. The first-order valence-electron chi connectivity index (χ1n) is 9.52. The molecule has 0 amide bonds. The van der Waals surface area contributed by atoms with Crippen molar-refractivity contribution in [1.82, 2.24) is 0 Å². The largest absolute Gasteiger partial charge is 0.207 e. The molecular formula is C24H20F4. The van der Waals surface area contributed by atoms with Gasteiger partial charge in [0.2, 0.25) is 0 Å². The van der Waals surface area contributed by atoms with Crippen LogP contribution in [0.2, 0.25) is 0 Å². The van der Waals surface area contributed by atoms with E-state index in [9.17, 15) is 13.2 Å². The Morgan fingerprint density at radius 2 is 1.68 bits per heavy atom. The number of halogens is 4. The third kappa shape index (κ3) is 3.32. The number of rotatable bonds is 3. The van der Waals surface area contributed by atoms with E-state index in [-0.39, 0.29) is 17.3 Å². The Morgan fingerprint density at radius 3 is 2.39 bits per heavy atom. The van der Waals surface area contributed by atoms with Gasteiger partial charge in [-0.1, -0.05) is 37.3 Å². The van der Waals surface area contributed by atoms with Gasteiger partial charge in [-0.2, -0.15) is 0 Å². The summed E-state index contributed by atoms with van der Waals surface area (Å²) in [6.07, 6.45) is 2.47. The van der Waals surface area contributed by atoms with Crippen molar-refractivity contribution in [2.45, 2.75) is 38.5 Å². The molecule has 1 atom stereocenters. The second-order valence-corrected chi connectivity index (χ2v) is 7.34. The zero-order valence-corrected chi connectivity index (χ0v) is 15.5. The van der Waals surface area contributed by atoms with E-state index >= 15 is 4.39 Å². The molecule has 0 saturated heterocycles. The summed E-state index contributed by atoms with van der Waals surface area (Å²) in [7, 11) is 0. The Hall–Kier alpha value is -2.62. The van der Waals surface area contributed by atoms with Gasteiger partial charge >= 0.3 is 0 Å². The molecule has 1 unspecified atom stereocenters. The van der Waals surface area contributed by atoms with Gasteiger partial charge in [0.1, 0.15) is 11.6 Å². The van der Waals surface area contributed by atoms with Gasteiger partial charge in [-0.15, -0.1) is 0 Å². The zero-order chi connectivity index (χ0) is 19.8. The molecule has 0 N–H and O–H groups in total. The number of hydrogen-bond acceptors (Lipinski definition) is 0. The molecule has 3 aromatic rings. The normalized spacial score (nSPS) is 16.1. The van der Waals surface area contributed by atoms with E-state index in [1.807, 2.05) is 25.1 Å². The van der Waals surface area contributed by atoms with Crippen LogP contribution in [0.3, 0.4) is 0 Å².